The van der Waals surface area contributed by atoms with Gasteiger partial charge >= 0.3 is 6.03 Å². The lowest BCUT2D eigenvalue weighted by Crippen LogP contribution is -2.59. The molecule has 2 amide bonds. The number of carbonyl (C=O) groups is 1. The minimum atomic E-state index is -0.977. The van der Waals surface area contributed by atoms with Crippen molar-refractivity contribution < 1.29 is 23.4 Å². The maximum Gasteiger partial charge on any atom is 0.323 e. The van der Waals surface area contributed by atoms with Gasteiger partial charge in [-0.3, -0.25) is 10.3 Å². The molecule has 0 spiro atoms. The zero-order valence-electron chi connectivity index (χ0n) is 12.8. The van der Waals surface area contributed by atoms with Crippen molar-refractivity contribution >= 4 is 11.9 Å². The van der Waals surface area contributed by atoms with Crippen LogP contribution in [-0.2, 0) is 0 Å². The van der Waals surface area contributed by atoms with Crippen LogP contribution in [0.15, 0.2) is 35.5 Å². The second-order valence-corrected chi connectivity index (χ2v) is 5.48. The third kappa shape index (κ3) is 3.46. The van der Waals surface area contributed by atoms with Crippen LogP contribution in [0.25, 0.3) is 0 Å². The number of likely N-dealkylation sites (N-methyl/N-ethyl adjacent to an activating group) is 1. The van der Waals surface area contributed by atoms with E-state index in [0.29, 0.717) is 18.9 Å². The van der Waals surface area contributed by atoms with Crippen LogP contribution in [0.1, 0.15) is 0 Å². The highest BCUT2D eigenvalue weighted by atomic mass is 19.2. The average Bonchev–Trinajstić information content (AvgIpc) is 2.49. The lowest BCUT2D eigenvalue weighted by Gasteiger charge is -2.38. The molecular weight excluding hydrogens is 322 g/mol. The smallest absolute Gasteiger partial charge is 0.323 e. The number of halogens is 2. The van der Waals surface area contributed by atoms with E-state index < -0.39 is 17.9 Å². The molecule has 0 aromatic heterocycles. The van der Waals surface area contributed by atoms with Crippen LogP contribution in [-0.4, -0.2) is 59.4 Å². The Morgan fingerprint density at radius 1 is 1.38 bits per heavy atom. The van der Waals surface area contributed by atoms with Gasteiger partial charge < -0.3 is 14.7 Å². The van der Waals surface area contributed by atoms with Crippen molar-refractivity contribution in [3.05, 3.63) is 42.0 Å². The van der Waals surface area contributed by atoms with Crippen LogP contribution in [0, 0.1) is 11.6 Å². The predicted molar refractivity (Wildman–Crippen MR) is 81.2 cm³/mol. The largest absolute Gasteiger partial charge is 0.487 e. The summed E-state index contributed by atoms with van der Waals surface area (Å²) in [6.07, 6.45) is 1.91. The minimum Gasteiger partial charge on any atom is -0.487 e. The molecule has 9 heteroatoms. The summed E-state index contributed by atoms with van der Waals surface area (Å²) in [7, 11) is 1.58. The number of nitrogens with one attached hydrogen (secondary N) is 1. The maximum atomic E-state index is 13.1. The van der Waals surface area contributed by atoms with E-state index in [0.717, 1.165) is 12.1 Å². The summed E-state index contributed by atoms with van der Waals surface area (Å²) in [5.74, 6) is -1.38. The molecule has 2 aliphatic rings. The fraction of sp³-hybridized carbons (Fsp3) is 0.333. The molecule has 7 nitrogen and oxygen atoms in total. The van der Waals surface area contributed by atoms with E-state index in [2.05, 4.69) is 10.4 Å². The molecule has 3 rings (SSSR count). The number of rotatable bonds is 2. The van der Waals surface area contributed by atoms with E-state index in [-0.39, 0.29) is 17.9 Å². The van der Waals surface area contributed by atoms with Gasteiger partial charge in [-0.1, -0.05) is 0 Å². The van der Waals surface area contributed by atoms with Crippen molar-refractivity contribution in [1.82, 2.24) is 15.2 Å². The van der Waals surface area contributed by atoms with Gasteiger partial charge in [-0.15, -0.1) is 0 Å². The number of amidine groups is 1. The maximum absolute atomic E-state index is 13.1. The van der Waals surface area contributed by atoms with Crippen LogP contribution in [0.4, 0.5) is 13.6 Å². The van der Waals surface area contributed by atoms with Crippen LogP contribution >= 0.6 is 0 Å². The van der Waals surface area contributed by atoms with Gasteiger partial charge in [-0.2, -0.15) is 5.10 Å². The van der Waals surface area contributed by atoms with Crippen molar-refractivity contribution in [3.63, 3.8) is 0 Å². The van der Waals surface area contributed by atoms with E-state index in [1.165, 1.54) is 28.1 Å². The number of hydrogen-bond acceptors (Lipinski definition) is 5. The standard InChI is InChI=1S/C15H16F2N4O3/c1-20-14(22)5-4-13(19-20)18-15(23)21-7-10(8-21)24-9-2-3-11(16)12(17)6-9/h2-6,10,14,22H,7-8H2,1H3,(H,18,19,23). The first kappa shape index (κ1) is 16.2. The number of aliphatic hydroxyl groups excluding tert-OH is 1. The Morgan fingerprint density at radius 2 is 2.12 bits per heavy atom. The molecule has 24 heavy (non-hydrogen) atoms. The first-order valence-corrected chi connectivity index (χ1v) is 7.28. The predicted octanol–water partition coefficient (Wildman–Crippen LogP) is 0.871. The number of urea groups is 1. The third-order valence-electron chi connectivity index (χ3n) is 3.64. The number of carbonyl (C=O) groups excluding carboxylic acids is 1. The van der Waals surface area contributed by atoms with Crippen LogP contribution in [0.3, 0.4) is 0 Å². The van der Waals surface area contributed by atoms with Crippen molar-refractivity contribution in [3.8, 4) is 5.75 Å². The summed E-state index contributed by atoms with van der Waals surface area (Å²) in [6, 6.07) is 2.95. The van der Waals surface area contributed by atoms with Gasteiger partial charge in [0.15, 0.2) is 23.7 Å². The van der Waals surface area contributed by atoms with E-state index >= 15 is 0 Å². The molecule has 1 atom stereocenters. The van der Waals surface area contributed by atoms with Crippen molar-refractivity contribution in [1.29, 1.82) is 0 Å². The molecular formula is C15H16F2N4O3. The Hall–Kier alpha value is -2.68. The van der Waals surface area contributed by atoms with E-state index in [1.54, 1.807) is 7.05 Å². The molecule has 0 aliphatic carbocycles. The third-order valence-corrected chi connectivity index (χ3v) is 3.64. The van der Waals surface area contributed by atoms with E-state index in [9.17, 15) is 18.7 Å². The van der Waals surface area contributed by atoms with E-state index in [1.807, 2.05) is 0 Å². The SMILES string of the molecule is CN1N=C(NC(=O)N2CC(Oc3ccc(F)c(F)c3)C2)C=CC1O. The molecule has 1 fully saturated rings. The summed E-state index contributed by atoms with van der Waals surface area (Å²) in [5, 5.41) is 17.4. The highest BCUT2D eigenvalue weighted by Gasteiger charge is 2.33. The lowest BCUT2D eigenvalue weighted by atomic mass is 10.2. The number of amides is 2. The monoisotopic (exact) mass is 338 g/mol. The number of benzene rings is 1. The van der Waals surface area contributed by atoms with Crippen molar-refractivity contribution in [2.45, 2.75) is 12.3 Å². The van der Waals surface area contributed by atoms with Crippen LogP contribution < -0.4 is 10.1 Å². The molecule has 2 heterocycles. The Kier molecular flexibility index (Phi) is 4.34. The molecule has 1 saturated heterocycles. The summed E-state index contributed by atoms with van der Waals surface area (Å²) < 4.78 is 31.4. The molecule has 0 saturated carbocycles. The van der Waals surface area contributed by atoms with Gasteiger partial charge in [0, 0.05) is 13.1 Å². The quantitative estimate of drug-likeness (QED) is 0.839. The Morgan fingerprint density at radius 3 is 2.79 bits per heavy atom. The number of aliphatic hydroxyl groups is 1. The van der Waals surface area contributed by atoms with Gasteiger partial charge in [0.25, 0.3) is 0 Å². The summed E-state index contributed by atoms with van der Waals surface area (Å²) in [6.45, 7) is 0.639. The van der Waals surface area contributed by atoms with Crippen LogP contribution in [0.2, 0.25) is 0 Å². The molecule has 128 valence electrons. The summed E-state index contributed by atoms with van der Waals surface area (Å²) >= 11 is 0. The fourth-order valence-electron chi connectivity index (χ4n) is 2.24. The molecule has 0 bridgehead atoms. The minimum absolute atomic E-state index is 0.217. The number of hydrazone groups is 1. The average molecular weight is 338 g/mol. The molecule has 0 radical (unpaired) electrons. The van der Waals surface area contributed by atoms with Crippen molar-refractivity contribution in [2.75, 3.05) is 20.1 Å². The first-order valence-electron chi connectivity index (χ1n) is 7.28. The lowest BCUT2D eigenvalue weighted by molar-refractivity contribution is 0.0452. The normalized spacial score (nSPS) is 20.5. The second kappa shape index (κ2) is 6.44. The summed E-state index contributed by atoms with van der Waals surface area (Å²) in [5.41, 5.74) is 0. The Labute approximate surface area is 136 Å². The molecule has 1 aromatic rings. The van der Waals surface area contributed by atoms with Gasteiger partial charge in [0.1, 0.15) is 11.9 Å². The highest BCUT2D eigenvalue weighted by molar-refractivity contribution is 6.04. The molecule has 1 unspecified atom stereocenters. The number of nitrogens with zero attached hydrogens (tertiary/aromatic N) is 3. The van der Waals surface area contributed by atoms with E-state index in [4.69, 9.17) is 4.74 Å². The Bertz CT molecular complexity index is 704. The van der Waals surface area contributed by atoms with Gasteiger partial charge in [0.2, 0.25) is 0 Å². The molecule has 1 aromatic carbocycles. The zero-order valence-corrected chi connectivity index (χ0v) is 12.8. The molecule has 2 N–H and O–H groups in total. The van der Waals surface area contributed by atoms with Gasteiger partial charge in [-0.05, 0) is 24.3 Å². The van der Waals surface area contributed by atoms with Gasteiger partial charge in [-0.25, -0.2) is 13.6 Å². The van der Waals surface area contributed by atoms with Crippen LogP contribution in [0.5, 0.6) is 5.75 Å². The van der Waals surface area contributed by atoms with Gasteiger partial charge in [0.05, 0.1) is 13.1 Å². The summed E-state index contributed by atoms with van der Waals surface area (Å²) in [4.78, 5) is 13.5. The highest BCUT2D eigenvalue weighted by Crippen LogP contribution is 2.20. The first-order chi connectivity index (χ1) is 11.4. The molecule has 2 aliphatic heterocycles. The Balaban J connectivity index is 1.48. The second-order valence-electron chi connectivity index (χ2n) is 5.48. The van der Waals surface area contributed by atoms with Crippen molar-refractivity contribution in [2.24, 2.45) is 5.10 Å². The number of hydrogen-bond donors (Lipinski definition) is 2. The zero-order chi connectivity index (χ0) is 17.3. The number of likely N-dealkylation sites (tertiary alicyclic amines) is 1. The number of ether oxygens (including phenoxy) is 1. The topological polar surface area (TPSA) is 77.4 Å². The fourth-order valence-corrected chi connectivity index (χ4v) is 2.24.